The van der Waals surface area contributed by atoms with E-state index >= 15 is 0 Å². The lowest BCUT2D eigenvalue weighted by Gasteiger charge is -2.14. The summed E-state index contributed by atoms with van der Waals surface area (Å²) < 4.78 is 0. The highest BCUT2D eigenvalue weighted by atomic mass is 16.1. The van der Waals surface area contributed by atoms with E-state index in [2.05, 4.69) is 21.4 Å². The summed E-state index contributed by atoms with van der Waals surface area (Å²) in [4.78, 5) is 20.5. The van der Waals surface area contributed by atoms with Gasteiger partial charge in [0.1, 0.15) is 5.82 Å². The summed E-state index contributed by atoms with van der Waals surface area (Å²) in [5.74, 6) is 0.717. The molecule has 0 bridgehead atoms. The van der Waals surface area contributed by atoms with Crippen LogP contribution >= 0.6 is 0 Å². The Morgan fingerprint density at radius 3 is 2.95 bits per heavy atom. The van der Waals surface area contributed by atoms with Crippen molar-refractivity contribution in [1.82, 2.24) is 9.97 Å². The van der Waals surface area contributed by atoms with Crippen molar-refractivity contribution in [2.24, 2.45) is 0 Å². The number of hydrogen-bond acceptors (Lipinski definition) is 4. The van der Waals surface area contributed by atoms with E-state index in [-0.39, 0.29) is 5.69 Å². The average molecular weight is 256 g/mol. The minimum atomic E-state index is -0.307. The molecule has 2 aromatic rings. The second-order valence-corrected chi connectivity index (χ2v) is 4.87. The number of nitrogens with zero attached hydrogens (tertiary/aromatic N) is 2. The van der Waals surface area contributed by atoms with Crippen LogP contribution in [0.15, 0.2) is 29.1 Å². The monoisotopic (exact) mass is 256 g/mol. The van der Waals surface area contributed by atoms with Crippen molar-refractivity contribution < 1.29 is 0 Å². The van der Waals surface area contributed by atoms with Gasteiger partial charge in [-0.25, -0.2) is 4.79 Å². The van der Waals surface area contributed by atoms with Crippen LogP contribution in [0.5, 0.6) is 0 Å². The number of aromatic nitrogens is 2. The maximum Gasteiger partial charge on any atom is 0.347 e. The highest BCUT2D eigenvalue weighted by Crippen LogP contribution is 2.30. The third-order valence-electron chi connectivity index (χ3n) is 3.35. The Hall–Kier alpha value is -2.30. The maximum atomic E-state index is 11.6. The number of H-pyrrole nitrogens is 1. The smallest absolute Gasteiger partial charge is 0.347 e. The SMILES string of the molecule is CN(C)c1cccc(-c2[nH]c(=O)nc3c2CCN3)c1. The third-order valence-corrected chi connectivity index (χ3v) is 3.35. The lowest BCUT2D eigenvalue weighted by atomic mass is 10.0. The molecule has 2 N–H and O–H groups in total. The van der Waals surface area contributed by atoms with Crippen molar-refractivity contribution in [3.05, 3.63) is 40.3 Å². The zero-order valence-electron chi connectivity index (χ0n) is 11.0. The highest BCUT2D eigenvalue weighted by molar-refractivity contribution is 5.72. The van der Waals surface area contributed by atoms with Gasteiger partial charge in [0.05, 0.1) is 5.69 Å². The first-order valence-corrected chi connectivity index (χ1v) is 6.30. The molecule has 19 heavy (non-hydrogen) atoms. The van der Waals surface area contributed by atoms with Crippen molar-refractivity contribution in [1.29, 1.82) is 0 Å². The molecule has 98 valence electrons. The Balaban J connectivity index is 2.17. The molecule has 0 aliphatic carbocycles. The van der Waals surface area contributed by atoms with Gasteiger partial charge < -0.3 is 15.2 Å². The summed E-state index contributed by atoms with van der Waals surface area (Å²) in [6, 6.07) is 8.13. The van der Waals surface area contributed by atoms with Crippen molar-refractivity contribution >= 4 is 11.5 Å². The van der Waals surface area contributed by atoms with E-state index in [9.17, 15) is 4.79 Å². The molecule has 0 atom stereocenters. The molecule has 0 radical (unpaired) electrons. The minimum Gasteiger partial charge on any atom is -0.378 e. The number of anilines is 2. The molecule has 1 aliphatic rings. The van der Waals surface area contributed by atoms with Gasteiger partial charge in [-0.05, 0) is 18.6 Å². The summed E-state index contributed by atoms with van der Waals surface area (Å²) in [5, 5.41) is 3.15. The molecule has 1 aliphatic heterocycles. The standard InChI is InChI=1S/C14H16N4O/c1-18(2)10-5-3-4-9(8-10)12-11-6-7-15-13(11)17-14(19)16-12/h3-5,8H,6-7H2,1-2H3,(H2,15,16,17,19). The van der Waals surface area contributed by atoms with E-state index in [0.29, 0.717) is 5.82 Å². The normalized spacial score (nSPS) is 12.9. The second kappa shape index (κ2) is 4.42. The van der Waals surface area contributed by atoms with Crippen LogP contribution in [-0.2, 0) is 6.42 Å². The van der Waals surface area contributed by atoms with E-state index in [1.54, 1.807) is 0 Å². The summed E-state index contributed by atoms with van der Waals surface area (Å²) in [6.07, 6.45) is 0.890. The average Bonchev–Trinajstić information content (AvgIpc) is 2.85. The molecule has 1 aromatic heterocycles. The zero-order chi connectivity index (χ0) is 13.4. The van der Waals surface area contributed by atoms with Crippen molar-refractivity contribution in [3.63, 3.8) is 0 Å². The fourth-order valence-corrected chi connectivity index (χ4v) is 2.38. The Bertz CT molecular complexity index is 675. The second-order valence-electron chi connectivity index (χ2n) is 4.87. The maximum absolute atomic E-state index is 11.6. The lowest BCUT2D eigenvalue weighted by molar-refractivity contribution is 1.06. The molecule has 0 amide bonds. The molecule has 5 nitrogen and oxygen atoms in total. The van der Waals surface area contributed by atoms with Crippen LogP contribution in [0.4, 0.5) is 11.5 Å². The van der Waals surface area contributed by atoms with Gasteiger partial charge in [-0.1, -0.05) is 12.1 Å². The Kier molecular flexibility index (Phi) is 2.74. The molecule has 0 spiro atoms. The van der Waals surface area contributed by atoms with E-state index in [4.69, 9.17) is 0 Å². The van der Waals surface area contributed by atoms with Crippen LogP contribution in [0, 0.1) is 0 Å². The molecular weight excluding hydrogens is 240 g/mol. The van der Waals surface area contributed by atoms with Gasteiger partial charge in [0, 0.05) is 37.5 Å². The van der Waals surface area contributed by atoms with E-state index in [0.717, 1.165) is 35.5 Å². The van der Waals surface area contributed by atoms with Crippen LogP contribution < -0.4 is 15.9 Å². The van der Waals surface area contributed by atoms with Crippen molar-refractivity contribution in [2.45, 2.75) is 6.42 Å². The first kappa shape index (κ1) is 11.8. The Morgan fingerprint density at radius 1 is 1.32 bits per heavy atom. The zero-order valence-corrected chi connectivity index (χ0v) is 11.0. The molecule has 1 aromatic carbocycles. The first-order valence-electron chi connectivity index (χ1n) is 6.30. The largest absolute Gasteiger partial charge is 0.378 e. The van der Waals surface area contributed by atoms with Gasteiger partial charge in [0.25, 0.3) is 0 Å². The van der Waals surface area contributed by atoms with Crippen LogP contribution in [-0.4, -0.2) is 30.6 Å². The summed E-state index contributed by atoms with van der Waals surface area (Å²) >= 11 is 0. The van der Waals surface area contributed by atoms with Crippen LogP contribution in [0.2, 0.25) is 0 Å². The van der Waals surface area contributed by atoms with Gasteiger partial charge in [-0.2, -0.15) is 4.98 Å². The number of rotatable bonds is 2. The third kappa shape index (κ3) is 2.07. The predicted octanol–water partition coefficient (Wildman–Crippen LogP) is 1.47. The number of nitrogens with one attached hydrogen (secondary N) is 2. The fourth-order valence-electron chi connectivity index (χ4n) is 2.38. The molecule has 3 rings (SSSR count). The molecule has 0 fully saturated rings. The number of benzene rings is 1. The van der Waals surface area contributed by atoms with Gasteiger partial charge in [-0.3, -0.25) is 0 Å². The van der Waals surface area contributed by atoms with Gasteiger partial charge >= 0.3 is 5.69 Å². The minimum absolute atomic E-state index is 0.307. The summed E-state index contributed by atoms with van der Waals surface area (Å²) in [6.45, 7) is 0.833. The topological polar surface area (TPSA) is 61.0 Å². The van der Waals surface area contributed by atoms with Gasteiger partial charge in [0.2, 0.25) is 0 Å². The number of aromatic amines is 1. The Labute approximate surface area is 111 Å². The van der Waals surface area contributed by atoms with Crippen LogP contribution in [0.25, 0.3) is 11.3 Å². The quantitative estimate of drug-likeness (QED) is 0.854. The molecule has 0 saturated heterocycles. The molecular formula is C14H16N4O. The summed E-state index contributed by atoms with van der Waals surface area (Å²) in [5.41, 5.74) is 3.79. The van der Waals surface area contributed by atoms with Crippen molar-refractivity contribution in [2.75, 3.05) is 30.9 Å². The molecule has 2 heterocycles. The first-order chi connectivity index (χ1) is 9.15. The summed E-state index contributed by atoms with van der Waals surface area (Å²) in [7, 11) is 4.00. The van der Waals surface area contributed by atoms with Crippen LogP contribution in [0.3, 0.4) is 0 Å². The lowest BCUT2D eigenvalue weighted by Crippen LogP contribution is -2.14. The van der Waals surface area contributed by atoms with E-state index in [1.807, 2.05) is 37.2 Å². The Morgan fingerprint density at radius 2 is 2.16 bits per heavy atom. The number of hydrogen-bond donors (Lipinski definition) is 2. The molecule has 5 heteroatoms. The molecule has 0 saturated carbocycles. The van der Waals surface area contributed by atoms with Gasteiger partial charge in [0.15, 0.2) is 0 Å². The van der Waals surface area contributed by atoms with Crippen molar-refractivity contribution in [3.8, 4) is 11.3 Å². The van der Waals surface area contributed by atoms with Crippen LogP contribution in [0.1, 0.15) is 5.56 Å². The highest BCUT2D eigenvalue weighted by Gasteiger charge is 2.18. The van der Waals surface area contributed by atoms with E-state index < -0.39 is 0 Å². The molecule has 0 unspecified atom stereocenters. The number of fused-ring (bicyclic) bond motifs is 1. The van der Waals surface area contributed by atoms with E-state index in [1.165, 1.54) is 0 Å². The predicted molar refractivity (Wildman–Crippen MR) is 76.8 cm³/mol. The van der Waals surface area contributed by atoms with Gasteiger partial charge in [-0.15, -0.1) is 0 Å². The fraction of sp³-hybridized carbons (Fsp3) is 0.286.